The largest absolute Gasteiger partial charge is 0.465 e. The third-order valence-corrected chi connectivity index (χ3v) is 2.84. The van der Waals surface area contributed by atoms with Crippen LogP contribution in [0.5, 0.6) is 0 Å². The number of rotatable bonds is 1. The van der Waals surface area contributed by atoms with Crippen molar-refractivity contribution in [3.05, 3.63) is 40.2 Å². The number of aromatic nitrogens is 1. The van der Waals surface area contributed by atoms with E-state index in [-0.39, 0.29) is 11.1 Å². The molecule has 0 unspecified atom stereocenters. The molecule has 104 valence electrons. The van der Waals surface area contributed by atoms with Gasteiger partial charge in [0.15, 0.2) is 0 Å². The first-order valence-electron chi connectivity index (χ1n) is 5.62. The van der Waals surface area contributed by atoms with E-state index in [4.69, 9.17) is 5.73 Å². The Bertz CT molecular complexity index is 763. The first-order chi connectivity index (χ1) is 9.51. The van der Waals surface area contributed by atoms with Gasteiger partial charge in [-0.3, -0.25) is 4.79 Å². The van der Waals surface area contributed by atoms with E-state index in [2.05, 4.69) is 9.47 Å². The van der Waals surface area contributed by atoms with Crippen molar-refractivity contribution < 1.29 is 19.1 Å². The molecule has 1 aromatic carbocycles. The van der Waals surface area contributed by atoms with Gasteiger partial charge in [0.1, 0.15) is 5.56 Å². The second-order valence-electron chi connectivity index (χ2n) is 3.94. The van der Waals surface area contributed by atoms with E-state index in [0.29, 0.717) is 11.1 Å². The molecule has 0 aliphatic carbocycles. The summed E-state index contributed by atoms with van der Waals surface area (Å²) >= 11 is 0. The highest BCUT2D eigenvalue weighted by Gasteiger charge is 2.20. The van der Waals surface area contributed by atoms with Crippen LogP contribution in [0.4, 0.5) is 10.5 Å². The average molecular weight is 276 g/mol. The van der Waals surface area contributed by atoms with Crippen LogP contribution < -0.4 is 11.3 Å². The van der Waals surface area contributed by atoms with Gasteiger partial charge in [-0.15, -0.1) is 0 Å². The monoisotopic (exact) mass is 276 g/mol. The second kappa shape index (κ2) is 5.04. The second-order valence-corrected chi connectivity index (χ2v) is 3.94. The summed E-state index contributed by atoms with van der Waals surface area (Å²) in [5.41, 5.74) is 5.28. The van der Waals surface area contributed by atoms with Crippen molar-refractivity contribution in [3.8, 4) is 0 Å². The van der Waals surface area contributed by atoms with Crippen LogP contribution in [0.15, 0.2) is 29.1 Å². The quantitative estimate of drug-likeness (QED) is 0.615. The molecule has 0 aliphatic heterocycles. The highest BCUT2D eigenvalue weighted by molar-refractivity contribution is 6.00. The van der Waals surface area contributed by atoms with Crippen molar-refractivity contribution in [2.75, 3.05) is 20.0 Å². The molecular weight excluding hydrogens is 264 g/mol. The minimum Gasteiger partial charge on any atom is -0.465 e. The predicted octanol–water partition coefficient (Wildman–Crippen LogP) is 0.985. The van der Waals surface area contributed by atoms with Gasteiger partial charge in [-0.05, 0) is 18.2 Å². The number of anilines is 1. The summed E-state index contributed by atoms with van der Waals surface area (Å²) in [6.45, 7) is 0. The Kier molecular flexibility index (Phi) is 3.43. The molecular formula is C13H12N2O5. The lowest BCUT2D eigenvalue weighted by atomic mass is 10.1. The molecule has 0 radical (unpaired) electrons. The lowest BCUT2D eigenvalue weighted by Crippen LogP contribution is -2.32. The first kappa shape index (κ1) is 13.6. The molecule has 0 saturated carbocycles. The molecule has 0 fully saturated rings. The number of hydrogen-bond donors (Lipinski definition) is 1. The zero-order valence-electron chi connectivity index (χ0n) is 10.9. The van der Waals surface area contributed by atoms with Gasteiger partial charge in [0.2, 0.25) is 0 Å². The fourth-order valence-corrected chi connectivity index (χ4v) is 1.89. The standard InChI is InChI=1S/C13H12N2O5/c1-19-12(17)8-6-7-9(14)4-3-5-10(7)15(11(8)16)13(18)20-2/h3-6H,14H2,1-2H3. The number of carbonyl (C=O) groups excluding carboxylic acids is 2. The molecule has 0 saturated heterocycles. The Labute approximate surface area is 113 Å². The van der Waals surface area contributed by atoms with E-state index in [9.17, 15) is 14.4 Å². The van der Waals surface area contributed by atoms with E-state index in [1.165, 1.54) is 12.1 Å². The van der Waals surface area contributed by atoms with Crippen molar-refractivity contribution >= 4 is 28.7 Å². The van der Waals surface area contributed by atoms with Crippen molar-refractivity contribution in [1.29, 1.82) is 0 Å². The lowest BCUT2D eigenvalue weighted by molar-refractivity contribution is 0.0598. The van der Waals surface area contributed by atoms with Crippen LogP contribution in [0.1, 0.15) is 10.4 Å². The van der Waals surface area contributed by atoms with Gasteiger partial charge in [-0.2, -0.15) is 0 Å². The molecule has 0 atom stereocenters. The number of nitrogens with zero attached hydrogens (tertiary/aromatic N) is 1. The fourth-order valence-electron chi connectivity index (χ4n) is 1.89. The summed E-state index contributed by atoms with van der Waals surface area (Å²) in [6.07, 6.45) is -0.906. The van der Waals surface area contributed by atoms with Gasteiger partial charge >= 0.3 is 12.1 Å². The highest BCUT2D eigenvalue weighted by atomic mass is 16.5. The van der Waals surface area contributed by atoms with Crippen LogP contribution in [0.3, 0.4) is 0 Å². The molecule has 20 heavy (non-hydrogen) atoms. The Balaban J connectivity index is 2.96. The normalized spacial score (nSPS) is 10.3. The highest BCUT2D eigenvalue weighted by Crippen LogP contribution is 2.21. The van der Waals surface area contributed by atoms with Crippen molar-refractivity contribution in [2.24, 2.45) is 0 Å². The van der Waals surface area contributed by atoms with Crippen molar-refractivity contribution in [3.63, 3.8) is 0 Å². The summed E-state index contributed by atoms with van der Waals surface area (Å²) in [5.74, 6) is -0.849. The number of carbonyl (C=O) groups is 2. The van der Waals surface area contributed by atoms with Gasteiger partial charge in [0.25, 0.3) is 5.56 Å². The topological polar surface area (TPSA) is 101 Å². The lowest BCUT2D eigenvalue weighted by Gasteiger charge is -2.11. The fraction of sp³-hybridized carbons (Fsp3) is 0.154. The zero-order chi connectivity index (χ0) is 14.9. The predicted molar refractivity (Wildman–Crippen MR) is 71.8 cm³/mol. The number of methoxy groups -OCH3 is 2. The Morgan fingerprint density at radius 3 is 2.50 bits per heavy atom. The summed E-state index contributed by atoms with van der Waals surface area (Å²) in [6, 6.07) is 6.02. The summed E-state index contributed by atoms with van der Waals surface area (Å²) in [4.78, 5) is 35.6. The van der Waals surface area contributed by atoms with E-state index in [1.54, 1.807) is 12.1 Å². The Morgan fingerprint density at radius 2 is 1.90 bits per heavy atom. The van der Waals surface area contributed by atoms with E-state index < -0.39 is 17.6 Å². The summed E-state index contributed by atoms with van der Waals surface area (Å²) in [5, 5.41) is 0.387. The molecule has 1 aromatic heterocycles. The van der Waals surface area contributed by atoms with Crippen molar-refractivity contribution in [2.45, 2.75) is 0 Å². The third kappa shape index (κ3) is 1.99. The molecule has 7 nitrogen and oxygen atoms in total. The number of hydrogen-bond acceptors (Lipinski definition) is 6. The molecule has 2 N–H and O–H groups in total. The number of ether oxygens (including phenoxy) is 2. The summed E-state index contributed by atoms with van der Waals surface area (Å²) in [7, 11) is 2.28. The van der Waals surface area contributed by atoms with Crippen LogP contribution in [0.2, 0.25) is 0 Å². The maximum atomic E-state index is 12.2. The summed E-state index contributed by atoms with van der Waals surface area (Å²) < 4.78 is 9.84. The number of nitrogens with two attached hydrogens (primary N) is 1. The maximum absolute atomic E-state index is 12.2. The van der Waals surface area contributed by atoms with Gasteiger partial charge in [0.05, 0.1) is 19.7 Å². The van der Waals surface area contributed by atoms with Crippen LogP contribution in [0.25, 0.3) is 10.9 Å². The van der Waals surface area contributed by atoms with Crippen LogP contribution in [-0.4, -0.2) is 30.8 Å². The SMILES string of the molecule is COC(=O)c1cc2c(N)cccc2n(C(=O)OC)c1=O. The van der Waals surface area contributed by atoms with Gasteiger partial charge in [0, 0.05) is 11.1 Å². The molecule has 0 amide bonds. The van der Waals surface area contributed by atoms with Gasteiger partial charge < -0.3 is 15.2 Å². The number of pyridine rings is 1. The van der Waals surface area contributed by atoms with Crippen LogP contribution in [-0.2, 0) is 9.47 Å². The number of esters is 1. The minimum absolute atomic E-state index is 0.259. The third-order valence-electron chi connectivity index (χ3n) is 2.84. The number of benzene rings is 1. The molecule has 2 aromatic rings. The van der Waals surface area contributed by atoms with E-state index >= 15 is 0 Å². The van der Waals surface area contributed by atoms with E-state index in [0.717, 1.165) is 18.8 Å². The molecule has 0 bridgehead atoms. The molecule has 7 heteroatoms. The minimum atomic E-state index is -0.906. The molecule has 0 spiro atoms. The van der Waals surface area contributed by atoms with Gasteiger partial charge in [-0.25, -0.2) is 14.2 Å². The molecule has 1 heterocycles. The maximum Gasteiger partial charge on any atom is 0.421 e. The zero-order valence-corrected chi connectivity index (χ0v) is 10.9. The molecule has 0 aliphatic rings. The van der Waals surface area contributed by atoms with Crippen LogP contribution >= 0.6 is 0 Å². The first-order valence-corrected chi connectivity index (χ1v) is 5.62. The number of fused-ring (bicyclic) bond motifs is 1. The van der Waals surface area contributed by atoms with Gasteiger partial charge in [-0.1, -0.05) is 6.07 Å². The molecule has 2 rings (SSSR count). The number of nitrogen functional groups attached to an aromatic ring is 1. The Morgan fingerprint density at radius 1 is 1.20 bits per heavy atom. The average Bonchev–Trinajstić information content (AvgIpc) is 2.45. The van der Waals surface area contributed by atoms with E-state index in [1.807, 2.05) is 0 Å². The van der Waals surface area contributed by atoms with Crippen molar-refractivity contribution in [1.82, 2.24) is 4.57 Å². The smallest absolute Gasteiger partial charge is 0.421 e. The van der Waals surface area contributed by atoms with Crippen LogP contribution in [0, 0.1) is 0 Å². The Hall–Kier alpha value is -2.83.